The first-order chi connectivity index (χ1) is 6.81. The Labute approximate surface area is 85.6 Å². The van der Waals surface area contributed by atoms with Gasteiger partial charge in [-0.25, -0.2) is 0 Å². The molecule has 0 aromatic heterocycles. The van der Waals surface area contributed by atoms with Crippen LogP contribution >= 0.6 is 0 Å². The lowest BCUT2D eigenvalue weighted by atomic mass is 9.88. The van der Waals surface area contributed by atoms with Gasteiger partial charge in [0, 0.05) is 0 Å². The van der Waals surface area contributed by atoms with Crippen molar-refractivity contribution < 1.29 is 35.1 Å². The molecule has 0 aliphatic carbocycles. The highest BCUT2D eigenvalue weighted by atomic mass is 16.4. The van der Waals surface area contributed by atoms with E-state index in [-0.39, 0.29) is 6.29 Å². The van der Waals surface area contributed by atoms with Gasteiger partial charge in [-0.2, -0.15) is 0 Å². The molecule has 7 nitrogen and oxygen atoms in total. The SMILES string of the molecule is CC(=O)C(O)(CO)C(O)C(O)C(O)C=O. The van der Waals surface area contributed by atoms with E-state index in [1.54, 1.807) is 0 Å². The van der Waals surface area contributed by atoms with Crippen LogP contribution in [0.15, 0.2) is 0 Å². The molecular formula is C8H14O7. The van der Waals surface area contributed by atoms with E-state index >= 15 is 0 Å². The predicted molar refractivity (Wildman–Crippen MR) is 46.8 cm³/mol. The van der Waals surface area contributed by atoms with Gasteiger partial charge in [-0.15, -0.1) is 0 Å². The first-order valence-corrected chi connectivity index (χ1v) is 4.15. The molecule has 5 N–H and O–H groups in total. The van der Waals surface area contributed by atoms with Crippen molar-refractivity contribution >= 4 is 12.1 Å². The minimum Gasteiger partial charge on any atom is -0.393 e. The van der Waals surface area contributed by atoms with Crippen molar-refractivity contribution in [1.29, 1.82) is 0 Å². The molecule has 88 valence electrons. The number of aliphatic hydroxyl groups excluding tert-OH is 4. The Kier molecular flexibility index (Phi) is 4.98. The van der Waals surface area contributed by atoms with Gasteiger partial charge >= 0.3 is 0 Å². The van der Waals surface area contributed by atoms with Gasteiger partial charge in [0.25, 0.3) is 0 Å². The molecule has 0 bridgehead atoms. The van der Waals surface area contributed by atoms with Gasteiger partial charge in [-0.1, -0.05) is 0 Å². The Morgan fingerprint density at radius 2 is 1.87 bits per heavy atom. The maximum Gasteiger partial charge on any atom is 0.174 e. The minimum absolute atomic E-state index is 0.0637. The molecule has 4 atom stereocenters. The fraction of sp³-hybridized carbons (Fsp3) is 0.750. The highest BCUT2D eigenvalue weighted by molar-refractivity contribution is 5.85. The van der Waals surface area contributed by atoms with Crippen LogP contribution in [0.4, 0.5) is 0 Å². The van der Waals surface area contributed by atoms with Crippen molar-refractivity contribution in [3.05, 3.63) is 0 Å². The minimum atomic E-state index is -2.59. The Morgan fingerprint density at radius 3 is 2.13 bits per heavy atom. The molecule has 0 heterocycles. The molecule has 0 saturated heterocycles. The average molecular weight is 222 g/mol. The molecular weight excluding hydrogens is 208 g/mol. The summed E-state index contributed by atoms with van der Waals surface area (Å²) < 4.78 is 0. The summed E-state index contributed by atoms with van der Waals surface area (Å²) in [5.74, 6) is -0.991. The van der Waals surface area contributed by atoms with Crippen LogP contribution in [0, 0.1) is 0 Å². The topological polar surface area (TPSA) is 135 Å². The Bertz CT molecular complexity index is 241. The van der Waals surface area contributed by atoms with Gasteiger partial charge in [-0.05, 0) is 6.92 Å². The lowest BCUT2D eigenvalue weighted by Crippen LogP contribution is -2.59. The maximum absolute atomic E-state index is 10.9. The van der Waals surface area contributed by atoms with Crippen molar-refractivity contribution in [2.45, 2.75) is 30.8 Å². The first kappa shape index (κ1) is 14.1. The highest BCUT2D eigenvalue weighted by Gasteiger charge is 2.45. The van der Waals surface area contributed by atoms with Crippen LogP contribution in [-0.4, -0.2) is 68.1 Å². The molecule has 0 saturated carbocycles. The molecule has 0 aliphatic heterocycles. The van der Waals surface area contributed by atoms with E-state index in [2.05, 4.69) is 0 Å². The van der Waals surface area contributed by atoms with Crippen LogP contribution in [0.1, 0.15) is 6.92 Å². The number of Topliss-reactive ketones (excluding diaryl/α,β-unsaturated/α-hetero) is 1. The molecule has 0 aliphatic rings. The largest absolute Gasteiger partial charge is 0.393 e. The second-order valence-electron chi connectivity index (χ2n) is 3.20. The number of rotatable bonds is 6. The molecule has 0 fully saturated rings. The second-order valence-corrected chi connectivity index (χ2v) is 3.20. The molecule has 15 heavy (non-hydrogen) atoms. The number of hydrogen-bond donors (Lipinski definition) is 5. The van der Waals surface area contributed by atoms with E-state index in [1.807, 2.05) is 0 Å². The summed E-state index contributed by atoms with van der Waals surface area (Å²) in [5.41, 5.74) is -2.59. The van der Waals surface area contributed by atoms with Crippen molar-refractivity contribution in [1.82, 2.24) is 0 Å². The van der Waals surface area contributed by atoms with Crippen LogP contribution in [0.2, 0.25) is 0 Å². The summed E-state index contributed by atoms with van der Waals surface area (Å²) in [5, 5.41) is 45.5. The second kappa shape index (κ2) is 5.29. The average Bonchev–Trinajstić information content (AvgIpc) is 2.24. The molecule has 0 aromatic rings. The third-order valence-electron chi connectivity index (χ3n) is 2.15. The summed E-state index contributed by atoms with van der Waals surface area (Å²) in [6.07, 6.45) is -6.22. The van der Waals surface area contributed by atoms with Gasteiger partial charge in [0.2, 0.25) is 0 Å². The third kappa shape index (κ3) is 2.80. The monoisotopic (exact) mass is 222 g/mol. The predicted octanol–water partition coefficient (Wildman–Crippen LogP) is -3.42. The third-order valence-corrected chi connectivity index (χ3v) is 2.15. The smallest absolute Gasteiger partial charge is 0.174 e. The maximum atomic E-state index is 10.9. The number of ketones is 1. The van der Waals surface area contributed by atoms with E-state index in [0.717, 1.165) is 6.92 Å². The normalized spacial score (nSPS) is 21.2. The molecule has 0 spiro atoms. The zero-order valence-corrected chi connectivity index (χ0v) is 8.07. The number of aliphatic hydroxyl groups is 5. The van der Waals surface area contributed by atoms with E-state index in [4.69, 9.17) is 15.3 Å². The van der Waals surface area contributed by atoms with Crippen molar-refractivity contribution in [2.75, 3.05) is 6.61 Å². The van der Waals surface area contributed by atoms with Crippen LogP contribution < -0.4 is 0 Å². The Morgan fingerprint density at radius 1 is 1.40 bits per heavy atom. The van der Waals surface area contributed by atoms with Gasteiger partial charge < -0.3 is 30.3 Å². The van der Waals surface area contributed by atoms with Crippen molar-refractivity contribution in [3.63, 3.8) is 0 Å². The van der Waals surface area contributed by atoms with Crippen LogP contribution in [-0.2, 0) is 9.59 Å². The highest BCUT2D eigenvalue weighted by Crippen LogP contribution is 2.16. The number of hydrogen-bond acceptors (Lipinski definition) is 7. The Hall–Kier alpha value is -0.860. The molecule has 0 aromatic carbocycles. The molecule has 4 unspecified atom stereocenters. The number of aldehydes is 1. The Balaban J connectivity index is 4.87. The summed E-state index contributed by atoms with van der Waals surface area (Å²) in [7, 11) is 0. The van der Waals surface area contributed by atoms with Gasteiger partial charge in [0.15, 0.2) is 17.7 Å². The molecule has 0 radical (unpaired) electrons. The summed E-state index contributed by atoms with van der Waals surface area (Å²) in [6.45, 7) is -0.244. The van der Waals surface area contributed by atoms with Crippen LogP contribution in [0.3, 0.4) is 0 Å². The lowest BCUT2D eigenvalue weighted by Gasteiger charge is -2.32. The van der Waals surface area contributed by atoms with E-state index in [0.29, 0.717) is 0 Å². The molecule has 7 heteroatoms. The standard InChI is InChI=1S/C8H14O7/c1-4(11)8(15,3-10)7(14)6(13)5(12)2-9/h2,5-7,10,12-15H,3H2,1H3. The van der Waals surface area contributed by atoms with E-state index < -0.39 is 36.3 Å². The number of carbonyl (C=O) groups is 2. The fourth-order valence-electron chi connectivity index (χ4n) is 0.963. The van der Waals surface area contributed by atoms with Crippen LogP contribution in [0.5, 0.6) is 0 Å². The lowest BCUT2D eigenvalue weighted by molar-refractivity contribution is -0.179. The number of carbonyl (C=O) groups excluding carboxylic acids is 2. The molecule has 0 amide bonds. The zero-order chi connectivity index (χ0) is 12.2. The fourth-order valence-corrected chi connectivity index (χ4v) is 0.963. The van der Waals surface area contributed by atoms with Crippen LogP contribution in [0.25, 0.3) is 0 Å². The molecule has 0 rings (SSSR count). The van der Waals surface area contributed by atoms with Gasteiger partial charge in [-0.3, -0.25) is 4.79 Å². The first-order valence-electron chi connectivity index (χ1n) is 4.15. The zero-order valence-electron chi connectivity index (χ0n) is 8.07. The van der Waals surface area contributed by atoms with E-state index in [9.17, 15) is 19.8 Å². The quantitative estimate of drug-likeness (QED) is 0.295. The summed E-state index contributed by atoms with van der Waals surface area (Å²) >= 11 is 0. The summed E-state index contributed by atoms with van der Waals surface area (Å²) in [6, 6.07) is 0. The summed E-state index contributed by atoms with van der Waals surface area (Å²) in [4.78, 5) is 21.0. The van der Waals surface area contributed by atoms with Crippen molar-refractivity contribution in [3.8, 4) is 0 Å². The van der Waals surface area contributed by atoms with Crippen molar-refractivity contribution in [2.24, 2.45) is 0 Å². The van der Waals surface area contributed by atoms with Gasteiger partial charge in [0.1, 0.15) is 18.3 Å². The van der Waals surface area contributed by atoms with Gasteiger partial charge in [0.05, 0.1) is 6.61 Å². The van der Waals surface area contributed by atoms with E-state index in [1.165, 1.54) is 0 Å².